The summed E-state index contributed by atoms with van der Waals surface area (Å²) in [4.78, 5) is 24.1. The summed E-state index contributed by atoms with van der Waals surface area (Å²) in [6.07, 6.45) is 1.20. The van der Waals surface area contributed by atoms with Crippen molar-refractivity contribution in [1.29, 1.82) is 0 Å². The summed E-state index contributed by atoms with van der Waals surface area (Å²) in [6.45, 7) is 1.19. The van der Waals surface area contributed by atoms with Crippen LogP contribution in [-0.4, -0.2) is 63.5 Å². The van der Waals surface area contributed by atoms with E-state index >= 15 is 0 Å². The summed E-state index contributed by atoms with van der Waals surface area (Å²) in [7, 11) is -2.45. The van der Waals surface area contributed by atoms with Gasteiger partial charge in [-0.25, -0.2) is 13.1 Å². The molecule has 0 saturated carbocycles. The third-order valence-corrected chi connectivity index (χ3v) is 7.25. The van der Waals surface area contributed by atoms with Crippen LogP contribution in [0, 0.1) is 0 Å². The van der Waals surface area contributed by atoms with Crippen molar-refractivity contribution in [1.82, 2.24) is 19.9 Å². The average molecular weight is 366 g/mol. The molecule has 10 nitrogen and oxygen atoms in total. The fourth-order valence-corrected chi connectivity index (χ4v) is 5.58. The van der Waals surface area contributed by atoms with Gasteiger partial charge in [0.1, 0.15) is 10.1 Å². The minimum absolute atomic E-state index is 0. The van der Waals surface area contributed by atoms with Crippen LogP contribution >= 0.6 is 0 Å². The Kier molecular flexibility index (Phi) is 5.13. The smallest absolute Gasteiger partial charge is 0.548 e. The second-order valence-corrected chi connectivity index (χ2v) is 8.42. The first-order valence-corrected chi connectivity index (χ1v) is 8.40. The Bertz CT molecular complexity index is 780. The fraction of sp³-hybridized carbons (Fsp3) is 0.667. The first-order chi connectivity index (χ1) is 10.7. The number of fused-ring (bicyclic) bond motifs is 1. The van der Waals surface area contributed by atoms with Crippen LogP contribution in [0.25, 0.3) is 0 Å². The first kappa shape index (κ1) is 19.3. The van der Waals surface area contributed by atoms with E-state index in [1.54, 1.807) is 0 Å². The van der Waals surface area contributed by atoms with Crippen molar-refractivity contribution in [3.05, 3.63) is 11.9 Å². The predicted molar refractivity (Wildman–Crippen MR) is 72.1 cm³/mol. The zero-order valence-electron chi connectivity index (χ0n) is 13.5. The number of hydrogen-bond acceptors (Lipinski definition) is 8. The van der Waals surface area contributed by atoms with Gasteiger partial charge in [0.05, 0.1) is 43.5 Å². The Balaban J connectivity index is 0.00000208. The molecule has 2 aliphatic heterocycles. The van der Waals surface area contributed by atoms with E-state index in [1.807, 2.05) is 0 Å². The van der Waals surface area contributed by atoms with Gasteiger partial charge in [-0.15, -0.1) is 5.10 Å². The van der Waals surface area contributed by atoms with Crippen LogP contribution in [0.5, 0.6) is 0 Å². The van der Waals surface area contributed by atoms with Crippen LogP contribution < -0.4 is 34.7 Å². The number of nitrogens with zero attached hydrogens (tertiary/aromatic N) is 4. The van der Waals surface area contributed by atoms with E-state index in [-0.39, 0.29) is 49.1 Å². The number of carbonyl (C=O) groups is 2. The molecular formula is C12H15N4NaO6S. The number of β-lactam (4-membered cyclic amide) rings is 1. The summed E-state index contributed by atoms with van der Waals surface area (Å²) in [5.41, 5.74) is 0.501. The van der Waals surface area contributed by atoms with Crippen molar-refractivity contribution in [2.75, 3.05) is 7.11 Å². The van der Waals surface area contributed by atoms with Crippen LogP contribution in [0.4, 0.5) is 0 Å². The van der Waals surface area contributed by atoms with Crippen LogP contribution in [0.3, 0.4) is 0 Å². The number of carboxylic acid groups (broad SMARTS) is 1. The molecule has 0 unspecified atom stereocenters. The zero-order valence-corrected chi connectivity index (χ0v) is 16.3. The maximum atomic E-state index is 12.8. The number of ether oxygens (including phenoxy) is 1. The maximum absolute atomic E-state index is 12.8. The Labute approximate surface area is 160 Å². The number of rotatable bonds is 5. The molecule has 0 spiro atoms. The molecule has 3 heterocycles. The molecule has 0 bridgehead atoms. The van der Waals surface area contributed by atoms with Gasteiger partial charge in [0.15, 0.2) is 9.84 Å². The number of carbonyl (C=O) groups excluding carboxylic acids is 2. The summed E-state index contributed by atoms with van der Waals surface area (Å²) in [5.74, 6) is -2.10. The van der Waals surface area contributed by atoms with E-state index in [0.29, 0.717) is 5.69 Å². The molecular weight excluding hydrogens is 351 g/mol. The standard InChI is InChI=1S/C12H16N4O6S.Na/c1-12(6-15-7(5-22-2)4-13-14-15)10(11(18)19)16-8(17)3-9(16)23(12,20)21;/h4,9-10H,3,5-6H2,1-2H3,(H,18,19);/q;+1/p-1/t9-,10+,12+;/m1./s1. The van der Waals surface area contributed by atoms with Gasteiger partial charge in [0.25, 0.3) is 0 Å². The van der Waals surface area contributed by atoms with E-state index in [9.17, 15) is 23.1 Å². The average Bonchev–Trinajstić information content (AvgIpc) is 2.92. The summed E-state index contributed by atoms with van der Waals surface area (Å²) in [6, 6.07) is -1.56. The number of aromatic nitrogens is 3. The first-order valence-electron chi connectivity index (χ1n) is 6.86. The summed E-state index contributed by atoms with van der Waals surface area (Å²) >= 11 is 0. The minimum Gasteiger partial charge on any atom is -0.548 e. The van der Waals surface area contributed by atoms with Gasteiger partial charge in [0.2, 0.25) is 5.91 Å². The van der Waals surface area contributed by atoms with E-state index in [4.69, 9.17) is 4.74 Å². The Hall–Kier alpha value is -1.01. The van der Waals surface area contributed by atoms with Crippen molar-refractivity contribution in [2.45, 2.75) is 42.7 Å². The summed E-state index contributed by atoms with van der Waals surface area (Å²) < 4.78 is 30.0. The predicted octanol–water partition coefficient (Wildman–Crippen LogP) is -5.71. The van der Waals surface area contributed by atoms with Crippen molar-refractivity contribution >= 4 is 21.7 Å². The van der Waals surface area contributed by atoms with E-state index in [0.717, 1.165) is 4.90 Å². The number of sulfone groups is 1. The monoisotopic (exact) mass is 366 g/mol. The fourth-order valence-electron chi connectivity index (χ4n) is 3.24. The third-order valence-electron chi connectivity index (χ3n) is 4.49. The van der Waals surface area contributed by atoms with Gasteiger partial charge in [-0.05, 0) is 6.92 Å². The maximum Gasteiger partial charge on any atom is 1.00 e. The van der Waals surface area contributed by atoms with Gasteiger partial charge in [0, 0.05) is 7.11 Å². The molecule has 12 heteroatoms. The quantitative estimate of drug-likeness (QED) is 0.372. The van der Waals surface area contributed by atoms with E-state index in [1.165, 1.54) is 24.9 Å². The van der Waals surface area contributed by atoms with Gasteiger partial charge >= 0.3 is 29.6 Å². The van der Waals surface area contributed by atoms with Gasteiger partial charge < -0.3 is 19.5 Å². The number of aliphatic carboxylic acids is 1. The number of amides is 1. The van der Waals surface area contributed by atoms with Crippen molar-refractivity contribution in [3.63, 3.8) is 0 Å². The van der Waals surface area contributed by atoms with Gasteiger partial charge in [-0.1, -0.05) is 5.21 Å². The molecule has 126 valence electrons. The Morgan fingerprint density at radius 2 is 2.21 bits per heavy atom. The second kappa shape index (κ2) is 6.37. The molecule has 2 aliphatic rings. The largest absolute Gasteiger partial charge is 1.00 e. The second-order valence-electron chi connectivity index (χ2n) is 5.86. The molecule has 2 saturated heterocycles. The third kappa shape index (κ3) is 2.49. The molecule has 1 amide bonds. The van der Waals surface area contributed by atoms with Crippen LogP contribution in [0.15, 0.2) is 6.20 Å². The Morgan fingerprint density at radius 3 is 2.75 bits per heavy atom. The molecule has 0 radical (unpaired) electrons. The van der Waals surface area contributed by atoms with Gasteiger partial charge in [-0.3, -0.25) is 4.79 Å². The molecule has 0 aromatic carbocycles. The topological polar surface area (TPSA) is 135 Å². The normalized spacial score (nSPS) is 30.4. The Morgan fingerprint density at radius 1 is 1.54 bits per heavy atom. The van der Waals surface area contributed by atoms with Crippen LogP contribution in [0.2, 0.25) is 0 Å². The molecule has 1 aromatic heterocycles. The van der Waals surface area contributed by atoms with Gasteiger partial charge in [-0.2, -0.15) is 0 Å². The van der Waals surface area contributed by atoms with Crippen molar-refractivity contribution in [2.24, 2.45) is 0 Å². The van der Waals surface area contributed by atoms with Crippen LogP contribution in [0.1, 0.15) is 19.0 Å². The number of hydrogen-bond donors (Lipinski definition) is 0. The number of carboxylic acids is 1. The molecule has 24 heavy (non-hydrogen) atoms. The molecule has 0 N–H and O–H groups in total. The molecule has 3 rings (SSSR count). The number of methoxy groups -OCH3 is 1. The van der Waals surface area contributed by atoms with E-state index in [2.05, 4.69) is 10.3 Å². The zero-order chi connectivity index (χ0) is 17.0. The molecule has 0 aliphatic carbocycles. The van der Waals surface area contributed by atoms with Crippen molar-refractivity contribution in [3.8, 4) is 0 Å². The molecule has 1 aromatic rings. The summed E-state index contributed by atoms with van der Waals surface area (Å²) in [5, 5.41) is 17.9. The van der Waals surface area contributed by atoms with Crippen molar-refractivity contribution < 1.29 is 57.4 Å². The SMILES string of the molecule is COCc1cnnn1C[C@@]1(C)[C@H](C(=O)[O-])N2C(=O)C[C@H]2S1(=O)=O.[Na+]. The minimum atomic E-state index is -3.91. The molecule has 2 fully saturated rings. The van der Waals surface area contributed by atoms with Crippen LogP contribution in [-0.2, 0) is 37.3 Å². The van der Waals surface area contributed by atoms with E-state index < -0.39 is 37.9 Å². The molecule has 3 atom stereocenters.